The first kappa shape index (κ1) is 22.9. The maximum absolute atomic E-state index is 9.53. The second kappa shape index (κ2) is 14.2. The average molecular weight is 748 g/mol. The number of rotatable bonds is 6. The van der Waals surface area contributed by atoms with Crippen LogP contribution in [0.1, 0.15) is 17.8 Å². The zero-order valence-electron chi connectivity index (χ0n) is 43.9. The largest absolute Gasteiger partial charge is 0.0629 e. The Bertz CT molecular complexity index is 3920. The summed E-state index contributed by atoms with van der Waals surface area (Å²) in [7, 11) is 0. The van der Waals surface area contributed by atoms with E-state index in [0.29, 0.717) is 16.7 Å². The predicted molar refractivity (Wildman–Crippen MR) is 249 cm³/mol. The van der Waals surface area contributed by atoms with Crippen molar-refractivity contribution in [1.29, 1.82) is 0 Å². The molecular weight excluding hydrogens is 697 g/mol. The molecule has 0 heterocycles. The molecule has 0 unspecified atom stereocenters. The van der Waals surface area contributed by atoms with Crippen molar-refractivity contribution in [2.24, 2.45) is 0 Å². The fourth-order valence-electron chi connectivity index (χ4n) is 8.55. The summed E-state index contributed by atoms with van der Waals surface area (Å²) < 4.78 is 117. The second-order valence-corrected chi connectivity index (χ2v) is 14.2. The van der Waals surface area contributed by atoms with Gasteiger partial charge >= 0.3 is 0 Å². The molecular formula is C58H38. The van der Waals surface area contributed by atoms with Crippen molar-refractivity contribution in [3.8, 4) is 66.8 Å². The summed E-state index contributed by atoms with van der Waals surface area (Å²) in [5.74, 6) is 0. The Balaban J connectivity index is 1.22. The van der Waals surface area contributed by atoms with Crippen LogP contribution in [0.3, 0.4) is 0 Å². The van der Waals surface area contributed by atoms with Crippen LogP contribution in [-0.4, -0.2) is 0 Å². The van der Waals surface area contributed by atoms with Gasteiger partial charge in [-0.05, 0) is 122 Å². The molecule has 0 aliphatic rings. The Morgan fingerprint density at radius 2 is 0.603 bits per heavy atom. The molecule has 58 heavy (non-hydrogen) atoms. The monoisotopic (exact) mass is 747 g/mol. The summed E-state index contributed by atoms with van der Waals surface area (Å²) in [6.45, 7) is 0. The quantitative estimate of drug-likeness (QED) is 0.149. The molecule has 0 saturated heterocycles. The zero-order chi connectivity index (χ0) is 49.7. The molecule has 0 spiro atoms. The van der Waals surface area contributed by atoms with Gasteiger partial charge in [-0.1, -0.05) is 218 Å². The van der Waals surface area contributed by atoms with Crippen molar-refractivity contribution in [2.45, 2.75) is 0 Å². The Labute approximate surface area is 357 Å². The van der Waals surface area contributed by atoms with Gasteiger partial charge in [-0.15, -0.1) is 0 Å². The minimum Gasteiger partial charge on any atom is -0.0622 e. The summed E-state index contributed by atoms with van der Waals surface area (Å²) in [5, 5.41) is 3.37. The van der Waals surface area contributed by atoms with Gasteiger partial charge in [-0.25, -0.2) is 0 Å². The van der Waals surface area contributed by atoms with E-state index in [-0.39, 0.29) is 32.7 Å². The minimum atomic E-state index is -0.717. The normalized spacial score (nSPS) is 14.6. The van der Waals surface area contributed by atoms with Crippen LogP contribution >= 0.6 is 0 Å². The number of hydrogen-bond acceptors (Lipinski definition) is 0. The van der Waals surface area contributed by atoms with E-state index in [4.69, 9.17) is 12.3 Å². The Hall–Kier alpha value is -7.54. The van der Waals surface area contributed by atoms with Crippen molar-refractivity contribution in [3.05, 3.63) is 230 Å². The third kappa shape index (κ3) is 5.61. The van der Waals surface area contributed by atoms with Crippen LogP contribution in [0.5, 0.6) is 0 Å². The summed E-state index contributed by atoms with van der Waals surface area (Å²) in [6, 6.07) is 42.3. The second-order valence-electron chi connectivity index (χ2n) is 14.2. The highest BCUT2D eigenvalue weighted by Crippen LogP contribution is 2.48. The lowest BCUT2D eigenvalue weighted by molar-refractivity contribution is 1.59. The van der Waals surface area contributed by atoms with Crippen LogP contribution in [0.15, 0.2) is 230 Å². The average Bonchev–Trinajstić information content (AvgIpc) is 3.40. The summed E-state index contributed by atoms with van der Waals surface area (Å²) in [5.41, 5.74) is 7.20. The predicted octanol–water partition coefficient (Wildman–Crippen LogP) is 16.3. The summed E-state index contributed by atoms with van der Waals surface area (Å²) in [4.78, 5) is 0. The molecule has 0 fully saturated rings. The molecule has 0 amide bonds. The number of benzene rings is 11. The maximum atomic E-state index is 9.53. The van der Waals surface area contributed by atoms with Gasteiger partial charge < -0.3 is 0 Å². The summed E-state index contributed by atoms with van der Waals surface area (Å²) in [6.07, 6.45) is 0. The smallest absolute Gasteiger partial charge is 0.0622 e. The number of fused-ring (bicyclic) bond motifs is 4. The molecule has 0 atom stereocenters. The first-order chi connectivity index (χ1) is 34.2. The molecule has 0 bridgehead atoms. The van der Waals surface area contributed by atoms with Gasteiger partial charge in [0.15, 0.2) is 0 Å². The molecule has 0 aromatic heterocycles. The third-order valence-electron chi connectivity index (χ3n) is 11.0. The van der Waals surface area contributed by atoms with Crippen molar-refractivity contribution >= 4 is 43.1 Å². The Morgan fingerprint density at radius 3 is 1.16 bits per heavy atom. The SMILES string of the molecule is [2H]c1c([2H])c([2H])c(-c2c3c([2H])c([2H])c([2H])c([2H])c3c(-c3ccccc3-c3cccc(-c4c5ccccc5c(-c5cccc(-c6ccccc6)c5)c5ccccc45)c3)c3c([2H])c([2H])c([2H])c([2H])c23)c([2H])c1[2H]. The molecule has 0 aliphatic carbocycles. The molecule has 0 saturated carbocycles. The van der Waals surface area contributed by atoms with E-state index in [1.807, 2.05) is 72.8 Å². The topological polar surface area (TPSA) is 0 Å². The lowest BCUT2D eigenvalue weighted by Gasteiger charge is -2.20. The first-order valence-corrected chi connectivity index (χ1v) is 19.0. The van der Waals surface area contributed by atoms with Gasteiger partial charge in [0.25, 0.3) is 0 Å². The lowest BCUT2D eigenvalue weighted by atomic mass is 9.83. The van der Waals surface area contributed by atoms with Gasteiger partial charge in [0.1, 0.15) is 0 Å². The molecule has 0 heteroatoms. The van der Waals surface area contributed by atoms with Gasteiger partial charge in [0.2, 0.25) is 0 Å². The highest BCUT2D eigenvalue weighted by Gasteiger charge is 2.21. The fourth-order valence-corrected chi connectivity index (χ4v) is 8.55. The van der Waals surface area contributed by atoms with Crippen LogP contribution in [0.4, 0.5) is 0 Å². The lowest BCUT2D eigenvalue weighted by Crippen LogP contribution is -1.93. The van der Waals surface area contributed by atoms with Gasteiger partial charge in [-0.3, -0.25) is 0 Å². The van der Waals surface area contributed by atoms with E-state index in [1.54, 1.807) is 12.1 Å². The summed E-state index contributed by atoms with van der Waals surface area (Å²) >= 11 is 0. The van der Waals surface area contributed by atoms with Gasteiger partial charge in [0.05, 0.1) is 17.8 Å². The molecule has 0 radical (unpaired) electrons. The van der Waals surface area contributed by atoms with E-state index < -0.39 is 84.1 Å². The van der Waals surface area contributed by atoms with Crippen LogP contribution in [0, 0.1) is 0 Å². The molecule has 0 nitrogen and oxygen atoms in total. The van der Waals surface area contributed by atoms with E-state index in [9.17, 15) is 5.48 Å². The Kier molecular flexibility index (Phi) is 5.60. The van der Waals surface area contributed by atoms with Crippen molar-refractivity contribution in [1.82, 2.24) is 0 Å². The standard InChI is InChI=1S/C58H38/c1-3-19-39(20-4-1)41-23-17-25-43(37-41)56-47-29-9-11-31-49(47)57(50-32-12-10-30-48(50)56)44-26-18-24-42(38-44)45-27-7-8-28-46(45)58-53-35-15-13-33-51(53)55(40-21-5-2-6-22-40)52-34-14-16-36-54(52)58/h1-38H/i2D,5D,6D,13D,14D,15D,16D,21D,22D,33D,34D,35D,36D. The zero-order valence-corrected chi connectivity index (χ0v) is 30.9. The van der Waals surface area contributed by atoms with E-state index in [0.717, 1.165) is 54.9 Å². The molecule has 0 aliphatic heterocycles. The third-order valence-corrected chi connectivity index (χ3v) is 11.0. The highest BCUT2D eigenvalue weighted by atomic mass is 14.2. The van der Waals surface area contributed by atoms with Crippen LogP contribution < -0.4 is 0 Å². The van der Waals surface area contributed by atoms with Gasteiger partial charge in [0, 0.05) is 0 Å². The van der Waals surface area contributed by atoms with E-state index in [2.05, 4.69) is 66.7 Å². The highest BCUT2D eigenvalue weighted by molar-refractivity contribution is 6.23. The van der Waals surface area contributed by atoms with Crippen LogP contribution in [-0.2, 0) is 0 Å². The molecule has 11 aromatic carbocycles. The van der Waals surface area contributed by atoms with Crippen molar-refractivity contribution < 1.29 is 17.8 Å². The fraction of sp³-hybridized carbons (Fsp3) is 0. The van der Waals surface area contributed by atoms with Crippen molar-refractivity contribution in [3.63, 3.8) is 0 Å². The van der Waals surface area contributed by atoms with Crippen molar-refractivity contribution in [2.75, 3.05) is 0 Å². The number of hydrogen-bond donors (Lipinski definition) is 0. The molecule has 0 N–H and O–H groups in total. The molecule has 11 aromatic rings. The molecule has 11 rings (SSSR count). The van der Waals surface area contributed by atoms with Gasteiger partial charge in [-0.2, -0.15) is 0 Å². The van der Waals surface area contributed by atoms with E-state index >= 15 is 0 Å². The van der Waals surface area contributed by atoms with Crippen LogP contribution in [0.25, 0.3) is 110 Å². The maximum Gasteiger partial charge on any atom is 0.0629 e. The minimum absolute atomic E-state index is 0.0732. The van der Waals surface area contributed by atoms with Crippen LogP contribution in [0.2, 0.25) is 0 Å². The first-order valence-electron chi connectivity index (χ1n) is 25.5. The molecule has 270 valence electrons. The Morgan fingerprint density at radius 1 is 0.224 bits per heavy atom. The van der Waals surface area contributed by atoms with E-state index in [1.165, 1.54) is 0 Å².